The molecule has 4 nitrogen and oxygen atoms in total. The van der Waals surface area contributed by atoms with Gasteiger partial charge in [0.25, 0.3) is 0 Å². The van der Waals surface area contributed by atoms with Crippen molar-refractivity contribution >= 4 is 5.95 Å². The summed E-state index contributed by atoms with van der Waals surface area (Å²) in [6.07, 6.45) is 9.18. The van der Waals surface area contributed by atoms with Crippen molar-refractivity contribution < 1.29 is 0 Å². The molecule has 3 heterocycles. The summed E-state index contributed by atoms with van der Waals surface area (Å²) in [6, 6.07) is 0. The number of aromatic nitrogens is 2. The first-order valence-corrected chi connectivity index (χ1v) is 7.39. The quantitative estimate of drug-likeness (QED) is 0.774. The summed E-state index contributed by atoms with van der Waals surface area (Å²) in [5.74, 6) is 0.915. The van der Waals surface area contributed by atoms with Gasteiger partial charge in [0.05, 0.1) is 0 Å². The maximum Gasteiger partial charge on any atom is 0.225 e. The number of piperidine rings is 2. The smallest absolute Gasteiger partial charge is 0.225 e. The minimum absolute atomic E-state index is 0.472. The van der Waals surface area contributed by atoms with Crippen molar-refractivity contribution in [3.63, 3.8) is 0 Å². The van der Waals surface area contributed by atoms with Crippen molar-refractivity contribution in [1.82, 2.24) is 14.9 Å². The van der Waals surface area contributed by atoms with E-state index in [0.717, 1.165) is 24.6 Å². The zero-order valence-electron chi connectivity index (χ0n) is 12.1. The number of likely N-dealkylation sites (tertiary alicyclic amines) is 1. The van der Waals surface area contributed by atoms with Crippen LogP contribution in [-0.4, -0.2) is 48.1 Å². The minimum atomic E-state index is 0.472. The first-order chi connectivity index (χ1) is 9.17. The van der Waals surface area contributed by atoms with Gasteiger partial charge in [0.2, 0.25) is 5.95 Å². The van der Waals surface area contributed by atoms with Gasteiger partial charge in [0, 0.05) is 37.4 Å². The third-order valence-electron chi connectivity index (χ3n) is 4.56. The van der Waals surface area contributed by atoms with Crippen LogP contribution < -0.4 is 4.90 Å². The van der Waals surface area contributed by atoms with E-state index in [4.69, 9.17) is 0 Å². The molecular formula is C15H24N4. The summed E-state index contributed by atoms with van der Waals surface area (Å²) in [4.78, 5) is 13.9. The Morgan fingerprint density at radius 1 is 1.05 bits per heavy atom. The molecule has 2 saturated heterocycles. The highest BCUT2D eigenvalue weighted by molar-refractivity contribution is 5.31. The summed E-state index contributed by atoms with van der Waals surface area (Å²) in [6.45, 7) is 6.75. The molecule has 0 aromatic carbocycles. The van der Waals surface area contributed by atoms with Crippen LogP contribution in [0.25, 0.3) is 0 Å². The molecule has 2 fully saturated rings. The molecule has 2 aliphatic heterocycles. The van der Waals surface area contributed by atoms with E-state index >= 15 is 0 Å². The zero-order chi connectivity index (χ0) is 13.3. The third kappa shape index (κ3) is 2.73. The number of hydrogen-bond donors (Lipinski definition) is 0. The van der Waals surface area contributed by atoms with E-state index in [2.05, 4.69) is 26.8 Å². The first kappa shape index (κ1) is 12.9. The maximum absolute atomic E-state index is 4.50. The number of aryl methyl sites for hydroxylation is 1. The van der Waals surface area contributed by atoms with Crippen LogP contribution in [0.4, 0.5) is 5.95 Å². The van der Waals surface area contributed by atoms with Gasteiger partial charge in [-0.2, -0.15) is 0 Å². The predicted molar refractivity (Wildman–Crippen MR) is 77.4 cm³/mol. The molecule has 0 bridgehead atoms. The fraction of sp³-hybridized carbons (Fsp3) is 0.733. The molecule has 0 saturated carbocycles. The molecule has 0 N–H and O–H groups in total. The van der Waals surface area contributed by atoms with Crippen LogP contribution in [-0.2, 0) is 0 Å². The van der Waals surface area contributed by atoms with E-state index in [0.29, 0.717) is 5.41 Å². The van der Waals surface area contributed by atoms with Crippen LogP contribution in [0.3, 0.4) is 0 Å². The molecule has 1 unspecified atom stereocenters. The molecule has 104 valence electrons. The molecule has 1 spiro atoms. The van der Waals surface area contributed by atoms with Gasteiger partial charge in [-0.25, -0.2) is 9.97 Å². The summed E-state index contributed by atoms with van der Waals surface area (Å²) in [7, 11) is 2.25. The van der Waals surface area contributed by atoms with E-state index in [1.165, 1.54) is 38.8 Å². The number of nitrogens with zero attached hydrogens (tertiary/aromatic N) is 4. The van der Waals surface area contributed by atoms with Gasteiger partial charge in [0.15, 0.2) is 0 Å². The van der Waals surface area contributed by atoms with Crippen molar-refractivity contribution in [1.29, 1.82) is 0 Å². The zero-order valence-corrected chi connectivity index (χ0v) is 12.1. The Balaban J connectivity index is 1.75. The Morgan fingerprint density at radius 2 is 1.74 bits per heavy atom. The van der Waals surface area contributed by atoms with E-state index in [1.807, 2.05) is 19.3 Å². The fourth-order valence-electron chi connectivity index (χ4n) is 3.72. The van der Waals surface area contributed by atoms with Gasteiger partial charge in [-0.15, -0.1) is 0 Å². The van der Waals surface area contributed by atoms with Crippen molar-refractivity contribution in [2.45, 2.75) is 32.6 Å². The van der Waals surface area contributed by atoms with Crippen LogP contribution in [0.5, 0.6) is 0 Å². The second kappa shape index (κ2) is 5.08. The summed E-state index contributed by atoms with van der Waals surface area (Å²) in [5, 5.41) is 0. The summed E-state index contributed by atoms with van der Waals surface area (Å²) >= 11 is 0. The summed E-state index contributed by atoms with van der Waals surface area (Å²) < 4.78 is 0. The van der Waals surface area contributed by atoms with E-state index in [-0.39, 0.29) is 0 Å². The number of rotatable bonds is 1. The minimum Gasteiger partial charge on any atom is -0.340 e. The maximum atomic E-state index is 4.50. The van der Waals surface area contributed by atoms with Gasteiger partial charge in [-0.1, -0.05) is 0 Å². The molecule has 1 atom stereocenters. The fourth-order valence-corrected chi connectivity index (χ4v) is 3.72. The highest BCUT2D eigenvalue weighted by Gasteiger charge is 2.38. The Bertz CT molecular complexity index is 426. The Hall–Kier alpha value is -1.16. The molecule has 3 rings (SSSR count). The molecule has 0 radical (unpaired) electrons. The topological polar surface area (TPSA) is 32.3 Å². The Morgan fingerprint density at radius 3 is 2.42 bits per heavy atom. The van der Waals surface area contributed by atoms with Crippen LogP contribution in [0.2, 0.25) is 0 Å². The molecular weight excluding hydrogens is 236 g/mol. The largest absolute Gasteiger partial charge is 0.340 e. The van der Waals surface area contributed by atoms with Crippen molar-refractivity contribution in [3.8, 4) is 0 Å². The molecule has 4 heteroatoms. The van der Waals surface area contributed by atoms with E-state index in [1.54, 1.807) is 0 Å². The molecule has 1 aromatic heterocycles. The van der Waals surface area contributed by atoms with Gasteiger partial charge < -0.3 is 9.80 Å². The van der Waals surface area contributed by atoms with Crippen LogP contribution in [0.15, 0.2) is 12.4 Å². The van der Waals surface area contributed by atoms with E-state index < -0.39 is 0 Å². The lowest BCUT2D eigenvalue weighted by Crippen LogP contribution is -2.51. The molecule has 0 aliphatic carbocycles. The highest BCUT2D eigenvalue weighted by atomic mass is 15.3. The van der Waals surface area contributed by atoms with Crippen molar-refractivity contribution in [3.05, 3.63) is 18.0 Å². The molecule has 1 aromatic rings. The first-order valence-electron chi connectivity index (χ1n) is 7.39. The standard InChI is InChI=1S/C15H24N4/c1-13-9-16-14(17-10-13)19-8-4-6-15(12-19)5-3-7-18(2)11-15/h9-10H,3-8,11-12H2,1-2H3. The average Bonchev–Trinajstić information content (AvgIpc) is 2.39. The van der Waals surface area contributed by atoms with Crippen LogP contribution >= 0.6 is 0 Å². The molecule has 0 amide bonds. The Kier molecular flexibility index (Phi) is 3.44. The van der Waals surface area contributed by atoms with Crippen molar-refractivity contribution in [2.24, 2.45) is 5.41 Å². The normalized spacial score (nSPS) is 28.8. The van der Waals surface area contributed by atoms with Gasteiger partial charge in [-0.3, -0.25) is 0 Å². The lowest BCUT2D eigenvalue weighted by atomic mass is 9.74. The summed E-state index contributed by atoms with van der Waals surface area (Å²) in [5.41, 5.74) is 1.60. The molecule has 19 heavy (non-hydrogen) atoms. The number of hydrogen-bond acceptors (Lipinski definition) is 4. The monoisotopic (exact) mass is 260 g/mol. The van der Waals surface area contributed by atoms with Gasteiger partial charge >= 0.3 is 0 Å². The van der Waals surface area contributed by atoms with Crippen molar-refractivity contribution in [2.75, 3.05) is 38.1 Å². The van der Waals surface area contributed by atoms with Gasteiger partial charge in [0.1, 0.15) is 0 Å². The van der Waals surface area contributed by atoms with Crippen LogP contribution in [0.1, 0.15) is 31.2 Å². The van der Waals surface area contributed by atoms with Crippen LogP contribution in [0, 0.1) is 12.3 Å². The average molecular weight is 260 g/mol. The lowest BCUT2D eigenvalue weighted by molar-refractivity contribution is 0.0905. The number of anilines is 1. The predicted octanol–water partition coefficient (Wildman–Crippen LogP) is 2.10. The second-order valence-electron chi connectivity index (χ2n) is 6.43. The molecule has 2 aliphatic rings. The van der Waals surface area contributed by atoms with Gasteiger partial charge in [-0.05, 0) is 51.8 Å². The highest BCUT2D eigenvalue weighted by Crippen LogP contribution is 2.38. The SMILES string of the molecule is Cc1cnc(N2CCCC3(CCCN(C)C3)C2)nc1. The second-order valence-corrected chi connectivity index (χ2v) is 6.43. The lowest BCUT2D eigenvalue weighted by Gasteiger charge is -2.47. The van der Waals surface area contributed by atoms with E-state index in [9.17, 15) is 0 Å². The Labute approximate surface area is 115 Å². The third-order valence-corrected chi connectivity index (χ3v) is 4.56.